The van der Waals surface area contributed by atoms with Crippen LogP contribution in [0.3, 0.4) is 0 Å². The molecule has 0 unspecified atom stereocenters. The highest BCUT2D eigenvalue weighted by Crippen LogP contribution is 2.38. The first kappa shape index (κ1) is 19.5. The molecule has 30 heavy (non-hydrogen) atoms. The Labute approximate surface area is 174 Å². The van der Waals surface area contributed by atoms with Crippen molar-refractivity contribution < 1.29 is 19.9 Å². The molecule has 0 aliphatic carbocycles. The molecule has 0 saturated heterocycles. The van der Waals surface area contributed by atoms with E-state index in [9.17, 15) is 10.2 Å². The fraction of sp³-hybridized carbons (Fsp3) is 0.167. The summed E-state index contributed by atoms with van der Waals surface area (Å²) < 4.78 is 5.57. The maximum absolute atomic E-state index is 11.0. The molecule has 4 N–H and O–H groups in total. The number of phenols is 2. The lowest BCUT2D eigenvalue weighted by Gasteiger charge is -2.19. The minimum absolute atomic E-state index is 0.0749. The largest absolute Gasteiger partial charge is 0.505 e. The molecule has 0 fully saturated rings. The average molecular weight is 402 g/mol. The van der Waals surface area contributed by atoms with Gasteiger partial charge in [-0.2, -0.15) is 0 Å². The first-order valence-electron chi connectivity index (χ1n) is 9.84. The summed E-state index contributed by atoms with van der Waals surface area (Å²) in [5.74, 6) is 1.38. The summed E-state index contributed by atoms with van der Waals surface area (Å²) in [6, 6.07) is 16.3. The summed E-state index contributed by atoms with van der Waals surface area (Å²) in [6.07, 6.45) is 3.52. The first-order chi connectivity index (χ1) is 14.6. The van der Waals surface area contributed by atoms with Crippen molar-refractivity contribution in [3.8, 4) is 17.2 Å². The van der Waals surface area contributed by atoms with Gasteiger partial charge < -0.3 is 14.9 Å². The number of fused-ring (bicyclic) bond motifs is 1. The zero-order chi connectivity index (χ0) is 21.1. The molecule has 0 saturated carbocycles. The molecular weight excluding hydrogens is 378 g/mol. The fourth-order valence-electron chi connectivity index (χ4n) is 3.52. The Bertz CT molecular complexity index is 1190. The topological polar surface area (TPSA) is 88.8 Å². The molecule has 0 spiro atoms. The Balaban J connectivity index is 1.86. The van der Waals surface area contributed by atoms with Crippen molar-refractivity contribution in [2.75, 3.05) is 11.9 Å². The van der Waals surface area contributed by atoms with Crippen LogP contribution in [-0.2, 0) is 0 Å². The molecule has 4 aromatic rings. The Morgan fingerprint density at radius 3 is 2.77 bits per heavy atom. The number of ether oxygens (including phenoxy) is 1. The van der Waals surface area contributed by atoms with E-state index in [0.29, 0.717) is 23.4 Å². The highest BCUT2D eigenvalue weighted by atomic mass is 16.5. The average Bonchev–Trinajstić information content (AvgIpc) is 2.75. The van der Waals surface area contributed by atoms with E-state index in [1.807, 2.05) is 62.5 Å². The number of aromatic nitrogens is 2. The summed E-state index contributed by atoms with van der Waals surface area (Å²) in [7, 11) is 0. The molecule has 6 nitrogen and oxygen atoms in total. The van der Waals surface area contributed by atoms with Crippen molar-refractivity contribution >= 4 is 16.7 Å². The second-order valence-corrected chi connectivity index (χ2v) is 7.10. The maximum atomic E-state index is 11.0. The lowest BCUT2D eigenvalue weighted by Crippen LogP contribution is -2.19. The summed E-state index contributed by atoms with van der Waals surface area (Å²) in [6.45, 7) is 4.31. The quantitative estimate of drug-likeness (QED) is 0.446. The van der Waals surface area contributed by atoms with E-state index in [1.165, 1.54) is 0 Å². The molecule has 1 atom stereocenters. The van der Waals surface area contributed by atoms with Crippen LogP contribution >= 0.6 is 0 Å². The van der Waals surface area contributed by atoms with Crippen molar-refractivity contribution in [3.63, 3.8) is 0 Å². The van der Waals surface area contributed by atoms with Crippen molar-refractivity contribution in [3.05, 3.63) is 83.7 Å². The van der Waals surface area contributed by atoms with Crippen LogP contribution in [0, 0.1) is 6.92 Å². The number of H-pyrrole nitrogens is 1. The van der Waals surface area contributed by atoms with Gasteiger partial charge in [-0.1, -0.05) is 18.2 Å². The van der Waals surface area contributed by atoms with Crippen molar-refractivity contribution in [1.82, 2.24) is 4.98 Å². The molecule has 0 amide bonds. The van der Waals surface area contributed by atoms with Gasteiger partial charge in [-0.05, 0) is 49.7 Å². The van der Waals surface area contributed by atoms with Crippen molar-refractivity contribution in [2.45, 2.75) is 19.9 Å². The predicted molar refractivity (Wildman–Crippen MR) is 116 cm³/mol. The number of hydrogen-bond donors (Lipinski definition) is 3. The zero-order valence-electron chi connectivity index (χ0n) is 16.9. The number of aromatic amines is 1. The van der Waals surface area contributed by atoms with E-state index in [1.54, 1.807) is 18.3 Å². The Hall–Kier alpha value is -3.80. The highest BCUT2D eigenvalue weighted by molar-refractivity contribution is 5.86. The highest BCUT2D eigenvalue weighted by Gasteiger charge is 2.25. The molecule has 2 aromatic carbocycles. The molecular formula is C24H24N3O3+. The minimum Gasteiger partial charge on any atom is -0.505 e. The fourth-order valence-corrected chi connectivity index (χ4v) is 3.52. The number of nitrogens with one attached hydrogen (secondary N) is 2. The van der Waals surface area contributed by atoms with Crippen LogP contribution in [-0.4, -0.2) is 21.8 Å². The third-order valence-corrected chi connectivity index (χ3v) is 4.96. The van der Waals surface area contributed by atoms with Crippen LogP contribution < -0.4 is 15.0 Å². The van der Waals surface area contributed by atoms with Crippen molar-refractivity contribution in [1.29, 1.82) is 0 Å². The van der Waals surface area contributed by atoms with Gasteiger partial charge >= 0.3 is 0 Å². The van der Waals surface area contributed by atoms with Crippen LogP contribution in [0.5, 0.6) is 17.2 Å². The van der Waals surface area contributed by atoms with Gasteiger partial charge in [-0.3, -0.25) is 10.3 Å². The molecule has 0 aliphatic heterocycles. The second-order valence-electron chi connectivity index (χ2n) is 7.10. The Morgan fingerprint density at radius 2 is 1.97 bits per heavy atom. The third-order valence-electron chi connectivity index (χ3n) is 4.96. The molecule has 2 heterocycles. The number of nitrogens with zero attached hydrogens (tertiary/aromatic N) is 1. The maximum Gasteiger partial charge on any atom is 0.273 e. The number of phenolic OH excluding ortho intramolecular Hbond substituents is 2. The van der Waals surface area contributed by atoms with E-state index in [-0.39, 0.29) is 11.5 Å². The number of aryl methyl sites for hydroxylation is 1. The summed E-state index contributed by atoms with van der Waals surface area (Å²) in [5.41, 5.74) is 3.14. The molecule has 0 aliphatic rings. The molecule has 0 radical (unpaired) electrons. The Kier molecular flexibility index (Phi) is 5.39. The standard InChI is InChI=1S/C24H23N3O3/c1-3-30-20-14-17(7-9-19(20)28)22(27-21-13-15(2)10-12-25-21)18-8-6-16-5-4-11-26-23(16)24(18)29/h4-14,22,28-29H,3H2,1-2H3,(H,25,27)/p+1/t22-/m1/s1. The number of hydrogen-bond acceptors (Lipinski definition) is 5. The number of pyridine rings is 2. The van der Waals surface area contributed by atoms with Gasteiger partial charge in [-0.15, -0.1) is 0 Å². The van der Waals surface area contributed by atoms with Gasteiger partial charge in [0.15, 0.2) is 11.5 Å². The van der Waals surface area contributed by atoms with E-state index < -0.39 is 6.04 Å². The second kappa shape index (κ2) is 8.29. The van der Waals surface area contributed by atoms with E-state index in [0.717, 1.165) is 22.3 Å². The van der Waals surface area contributed by atoms with E-state index in [2.05, 4.69) is 15.3 Å². The predicted octanol–water partition coefficient (Wildman–Crippen LogP) is 4.37. The van der Waals surface area contributed by atoms with Crippen LogP contribution in [0.15, 0.2) is 67.0 Å². The van der Waals surface area contributed by atoms with Gasteiger partial charge in [0.1, 0.15) is 17.3 Å². The van der Waals surface area contributed by atoms with Crippen LogP contribution in [0.25, 0.3) is 10.9 Å². The number of rotatable bonds is 6. The van der Waals surface area contributed by atoms with Crippen LogP contribution in [0.1, 0.15) is 29.7 Å². The first-order valence-corrected chi connectivity index (χ1v) is 9.84. The molecule has 152 valence electrons. The van der Waals surface area contributed by atoms with E-state index >= 15 is 0 Å². The lowest BCUT2D eigenvalue weighted by atomic mass is 9.95. The normalized spacial score (nSPS) is 11.9. The monoisotopic (exact) mass is 402 g/mol. The Morgan fingerprint density at radius 1 is 1.10 bits per heavy atom. The van der Waals surface area contributed by atoms with Gasteiger partial charge in [0.25, 0.3) is 5.82 Å². The van der Waals surface area contributed by atoms with E-state index in [4.69, 9.17) is 4.74 Å². The zero-order valence-corrected chi connectivity index (χ0v) is 16.9. The van der Waals surface area contributed by atoms with Gasteiger partial charge in [0.05, 0.1) is 12.8 Å². The van der Waals surface area contributed by atoms with Crippen LogP contribution in [0.2, 0.25) is 0 Å². The smallest absolute Gasteiger partial charge is 0.273 e. The summed E-state index contributed by atoms with van der Waals surface area (Å²) in [4.78, 5) is 7.55. The van der Waals surface area contributed by atoms with Gasteiger partial charge in [0.2, 0.25) is 0 Å². The summed E-state index contributed by atoms with van der Waals surface area (Å²) >= 11 is 0. The minimum atomic E-state index is -0.408. The van der Waals surface area contributed by atoms with Gasteiger partial charge in [0, 0.05) is 28.8 Å². The van der Waals surface area contributed by atoms with Crippen LogP contribution in [0.4, 0.5) is 5.82 Å². The lowest BCUT2D eigenvalue weighted by molar-refractivity contribution is -0.361. The SMILES string of the molecule is CCOc1cc([C@@H](Nc2cc(C)cc[nH+]2)c2ccc3cccnc3c2O)ccc1O. The number of anilines is 1. The van der Waals surface area contributed by atoms with Crippen molar-refractivity contribution in [2.24, 2.45) is 0 Å². The summed E-state index contributed by atoms with van der Waals surface area (Å²) in [5, 5.41) is 25.5. The molecule has 4 rings (SSSR count). The molecule has 2 aromatic heterocycles. The third kappa shape index (κ3) is 3.85. The molecule has 6 heteroatoms. The van der Waals surface area contributed by atoms with Gasteiger partial charge in [-0.25, -0.2) is 4.98 Å². The number of benzene rings is 2. The molecule has 0 bridgehead atoms. The number of aromatic hydroxyl groups is 2.